The summed E-state index contributed by atoms with van der Waals surface area (Å²) in [6, 6.07) is 8.50. The van der Waals surface area contributed by atoms with E-state index >= 15 is 0 Å². The van der Waals surface area contributed by atoms with E-state index in [0.29, 0.717) is 11.8 Å². The van der Waals surface area contributed by atoms with Crippen LogP contribution in [0.5, 0.6) is 5.75 Å². The summed E-state index contributed by atoms with van der Waals surface area (Å²) in [5.41, 5.74) is 1.65. The molecule has 4 nitrogen and oxygen atoms in total. The summed E-state index contributed by atoms with van der Waals surface area (Å²) in [7, 11) is 1.75. The van der Waals surface area contributed by atoms with Crippen LogP contribution in [-0.4, -0.2) is 30.8 Å². The molecule has 1 N–H and O–H groups in total. The number of nitrogens with one attached hydrogen (secondary N) is 1. The lowest BCUT2D eigenvalue weighted by Crippen LogP contribution is -2.36. The molecular formula is C24H33ClN2O2S. The predicted molar refractivity (Wildman–Crippen MR) is 124 cm³/mol. The Morgan fingerprint density at radius 1 is 1.23 bits per heavy atom. The second-order valence-corrected chi connectivity index (χ2v) is 10.2. The first-order valence-electron chi connectivity index (χ1n) is 11.1. The third kappa shape index (κ3) is 3.90. The standard InChI is InChI=1S/C24H32N2O2S.ClH/c1-27-20-7-13-29-21(20)16-25-12-10-23(22-6-2-5-11-26-22)14-18-17-28-24(19(18)15-23)8-3-4-9-24;/h2,5-7,11,13,18-19,25H,3-4,8-10,12,14-17H2,1H3;1H. The molecule has 1 aliphatic heterocycles. The van der Waals surface area contributed by atoms with E-state index in [1.165, 1.54) is 49.1 Å². The molecule has 0 aromatic carbocycles. The van der Waals surface area contributed by atoms with Crippen LogP contribution in [0.15, 0.2) is 35.8 Å². The molecule has 3 atom stereocenters. The summed E-state index contributed by atoms with van der Waals surface area (Å²) in [6.45, 7) is 2.84. The molecule has 0 bridgehead atoms. The van der Waals surface area contributed by atoms with E-state index in [-0.39, 0.29) is 23.4 Å². The molecule has 1 spiro atoms. The summed E-state index contributed by atoms with van der Waals surface area (Å²) in [5.74, 6) is 2.41. The average Bonchev–Trinajstić information content (AvgIpc) is 3.53. The van der Waals surface area contributed by atoms with Gasteiger partial charge in [0.15, 0.2) is 0 Å². The van der Waals surface area contributed by atoms with Gasteiger partial charge in [0.2, 0.25) is 0 Å². The van der Waals surface area contributed by atoms with Crippen molar-refractivity contribution in [1.82, 2.24) is 10.3 Å². The topological polar surface area (TPSA) is 43.4 Å². The van der Waals surface area contributed by atoms with Crippen molar-refractivity contribution in [3.8, 4) is 5.75 Å². The molecule has 3 heterocycles. The number of nitrogens with zero attached hydrogens (tertiary/aromatic N) is 1. The molecule has 3 unspecified atom stereocenters. The molecule has 0 amide bonds. The Hall–Kier alpha value is -1.14. The van der Waals surface area contributed by atoms with Crippen LogP contribution >= 0.6 is 23.7 Å². The molecule has 164 valence electrons. The summed E-state index contributed by atoms with van der Waals surface area (Å²) in [4.78, 5) is 6.12. The number of aromatic nitrogens is 1. The van der Waals surface area contributed by atoms with E-state index in [1.54, 1.807) is 18.4 Å². The van der Waals surface area contributed by atoms with Gasteiger partial charge in [-0.05, 0) is 74.1 Å². The summed E-state index contributed by atoms with van der Waals surface area (Å²) < 4.78 is 11.9. The Morgan fingerprint density at radius 2 is 2.10 bits per heavy atom. The molecule has 2 saturated carbocycles. The Kier molecular flexibility index (Phi) is 6.73. The molecule has 2 aromatic heterocycles. The Labute approximate surface area is 190 Å². The molecular weight excluding hydrogens is 416 g/mol. The first-order valence-corrected chi connectivity index (χ1v) is 12.0. The monoisotopic (exact) mass is 448 g/mol. The smallest absolute Gasteiger partial charge is 0.134 e. The van der Waals surface area contributed by atoms with Gasteiger partial charge in [-0.3, -0.25) is 4.98 Å². The third-order valence-corrected chi connectivity index (χ3v) is 8.64. The van der Waals surface area contributed by atoms with Crippen LogP contribution in [0, 0.1) is 11.8 Å². The zero-order chi connectivity index (χ0) is 19.7. The number of thiophene rings is 1. The van der Waals surface area contributed by atoms with Gasteiger partial charge in [-0.15, -0.1) is 23.7 Å². The average molecular weight is 449 g/mol. The number of pyridine rings is 1. The van der Waals surface area contributed by atoms with E-state index in [4.69, 9.17) is 14.5 Å². The zero-order valence-corrected chi connectivity index (χ0v) is 19.4. The Bertz CT molecular complexity index is 824. The van der Waals surface area contributed by atoms with Crippen LogP contribution in [0.25, 0.3) is 0 Å². The van der Waals surface area contributed by atoms with Crippen molar-refractivity contribution in [3.05, 3.63) is 46.4 Å². The maximum absolute atomic E-state index is 6.45. The van der Waals surface area contributed by atoms with Gasteiger partial charge in [0.1, 0.15) is 5.75 Å². The zero-order valence-electron chi connectivity index (χ0n) is 17.8. The van der Waals surface area contributed by atoms with Crippen LogP contribution in [0.3, 0.4) is 0 Å². The normalized spacial score (nSPS) is 29.1. The first-order chi connectivity index (χ1) is 14.2. The van der Waals surface area contributed by atoms with Crippen LogP contribution in [0.1, 0.15) is 55.5 Å². The molecule has 3 fully saturated rings. The van der Waals surface area contributed by atoms with E-state index < -0.39 is 0 Å². The molecule has 2 aromatic rings. The fraction of sp³-hybridized carbons (Fsp3) is 0.625. The molecule has 3 aliphatic rings. The highest BCUT2D eigenvalue weighted by Crippen LogP contribution is 2.60. The maximum Gasteiger partial charge on any atom is 0.134 e. The maximum atomic E-state index is 6.45. The van der Waals surface area contributed by atoms with Crippen LogP contribution in [-0.2, 0) is 16.7 Å². The van der Waals surface area contributed by atoms with Gasteiger partial charge in [0.05, 0.1) is 24.2 Å². The lowest BCUT2D eigenvalue weighted by Gasteiger charge is -2.34. The number of halogens is 1. The predicted octanol–water partition coefficient (Wildman–Crippen LogP) is 5.36. The highest BCUT2D eigenvalue weighted by molar-refractivity contribution is 7.10. The van der Waals surface area contributed by atoms with E-state index in [2.05, 4.69) is 28.9 Å². The first kappa shape index (κ1) is 22.1. The molecule has 1 saturated heterocycles. The van der Waals surface area contributed by atoms with Gasteiger partial charge >= 0.3 is 0 Å². The van der Waals surface area contributed by atoms with Gasteiger partial charge in [0, 0.05) is 23.9 Å². The van der Waals surface area contributed by atoms with Crippen molar-refractivity contribution in [1.29, 1.82) is 0 Å². The fourth-order valence-electron chi connectivity index (χ4n) is 6.36. The van der Waals surface area contributed by atoms with Crippen molar-refractivity contribution in [2.75, 3.05) is 20.3 Å². The molecule has 6 heteroatoms. The van der Waals surface area contributed by atoms with Crippen molar-refractivity contribution in [2.45, 2.75) is 62.5 Å². The van der Waals surface area contributed by atoms with Gasteiger partial charge in [-0.1, -0.05) is 18.9 Å². The van der Waals surface area contributed by atoms with E-state index in [9.17, 15) is 0 Å². The number of hydrogen-bond acceptors (Lipinski definition) is 5. The molecule has 5 rings (SSSR count). The van der Waals surface area contributed by atoms with Crippen LogP contribution in [0.4, 0.5) is 0 Å². The minimum atomic E-state index is 0. The number of methoxy groups -OCH3 is 1. The minimum absolute atomic E-state index is 0. The van der Waals surface area contributed by atoms with Gasteiger partial charge in [-0.25, -0.2) is 0 Å². The van der Waals surface area contributed by atoms with Crippen LogP contribution in [0.2, 0.25) is 0 Å². The van der Waals surface area contributed by atoms with E-state index in [0.717, 1.165) is 31.9 Å². The van der Waals surface area contributed by atoms with Gasteiger partial charge < -0.3 is 14.8 Å². The van der Waals surface area contributed by atoms with Crippen molar-refractivity contribution in [2.24, 2.45) is 11.8 Å². The number of hydrogen-bond donors (Lipinski definition) is 1. The third-order valence-electron chi connectivity index (χ3n) is 7.74. The Morgan fingerprint density at radius 3 is 2.87 bits per heavy atom. The summed E-state index contributed by atoms with van der Waals surface area (Å²) in [6.07, 6.45) is 10.8. The lowest BCUT2D eigenvalue weighted by atomic mass is 9.75. The molecule has 30 heavy (non-hydrogen) atoms. The highest BCUT2D eigenvalue weighted by atomic mass is 35.5. The minimum Gasteiger partial charge on any atom is -0.496 e. The largest absolute Gasteiger partial charge is 0.496 e. The van der Waals surface area contributed by atoms with Gasteiger partial charge in [-0.2, -0.15) is 0 Å². The molecule has 2 aliphatic carbocycles. The Balaban J connectivity index is 0.00000218. The lowest BCUT2D eigenvalue weighted by molar-refractivity contribution is -0.0226. The number of fused-ring (bicyclic) bond motifs is 2. The SMILES string of the molecule is COc1ccsc1CNCCC1(c2ccccn2)CC2COC3(CCCC3)C2C1.Cl. The highest BCUT2D eigenvalue weighted by Gasteiger charge is 2.59. The number of rotatable bonds is 7. The number of ether oxygens (including phenoxy) is 2. The van der Waals surface area contributed by atoms with Crippen molar-refractivity contribution < 1.29 is 9.47 Å². The quantitative estimate of drug-likeness (QED) is 0.579. The van der Waals surface area contributed by atoms with Crippen molar-refractivity contribution in [3.63, 3.8) is 0 Å². The summed E-state index contributed by atoms with van der Waals surface area (Å²) in [5, 5.41) is 5.78. The fourth-order valence-corrected chi connectivity index (χ4v) is 7.17. The van der Waals surface area contributed by atoms with Crippen molar-refractivity contribution >= 4 is 23.7 Å². The second-order valence-electron chi connectivity index (χ2n) is 9.19. The van der Waals surface area contributed by atoms with Crippen LogP contribution < -0.4 is 10.1 Å². The summed E-state index contributed by atoms with van der Waals surface area (Å²) >= 11 is 1.76. The second kappa shape index (κ2) is 9.15. The van der Waals surface area contributed by atoms with E-state index in [1.807, 2.05) is 12.3 Å². The molecule has 0 radical (unpaired) electrons. The van der Waals surface area contributed by atoms with Gasteiger partial charge in [0.25, 0.3) is 0 Å².